The van der Waals surface area contributed by atoms with Crippen LogP contribution in [0.25, 0.3) is 0 Å². The van der Waals surface area contributed by atoms with Gasteiger partial charge in [0, 0.05) is 43.6 Å². The van der Waals surface area contributed by atoms with Crippen molar-refractivity contribution in [2.24, 2.45) is 17.3 Å². The number of alkyl halides is 3. The van der Waals surface area contributed by atoms with Gasteiger partial charge in [-0.05, 0) is 30.6 Å². The molecule has 0 amide bonds. The fourth-order valence-electron chi connectivity index (χ4n) is 3.66. The van der Waals surface area contributed by atoms with Crippen molar-refractivity contribution in [1.29, 1.82) is 0 Å². The number of nitrogens with zero attached hydrogens (tertiary/aromatic N) is 4. The molecule has 3 fully saturated rings. The Hall–Kier alpha value is -2.06. The van der Waals surface area contributed by atoms with Gasteiger partial charge in [-0.3, -0.25) is 4.79 Å². The molecule has 1 saturated carbocycles. The lowest BCUT2D eigenvalue weighted by Gasteiger charge is -2.39. The van der Waals surface area contributed by atoms with Crippen LogP contribution in [-0.4, -0.2) is 46.6 Å². The number of hydrogen-bond acceptors (Lipinski definition) is 5. The molecule has 3 heterocycles. The number of anilines is 2. The minimum Gasteiger partial charge on any atom is -0.481 e. The van der Waals surface area contributed by atoms with E-state index in [0.29, 0.717) is 17.5 Å². The molecule has 4 atom stereocenters. The van der Waals surface area contributed by atoms with E-state index in [1.807, 2.05) is 0 Å². The first-order valence-corrected chi connectivity index (χ1v) is 8.38. The van der Waals surface area contributed by atoms with Crippen LogP contribution in [0.15, 0.2) is 6.07 Å². The molecule has 2 saturated heterocycles. The summed E-state index contributed by atoms with van der Waals surface area (Å²) >= 11 is 0. The maximum absolute atomic E-state index is 13.5. The molecule has 26 heavy (non-hydrogen) atoms. The third-order valence-corrected chi connectivity index (χ3v) is 5.52. The Morgan fingerprint density at radius 3 is 2.69 bits per heavy atom. The SMILES string of the molecule is [2H]C1([2H])C2C(CC(=O)O)C2(C)C([2H])([2H])N1c1cc(C(F)(F)F)nc(N2CC[C@@H]2C)n1. The Labute approximate surface area is 154 Å². The minimum atomic E-state index is -4.82. The quantitative estimate of drug-likeness (QED) is 0.874. The predicted molar refractivity (Wildman–Crippen MR) is 88.0 cm³/mol. The van der Waals surface area contributed by atoms with E-state index in [2.05, 4.69) is 9.97 Å². The maximum atomic E-state index is 13.5. The van der Waals surface area contributed by atoms with E-state index >= 15 is 0 Å². The standard InChI is InChI=1S/C17H21F3N4O2/c1-9-3-4-24(9)15-21-12(17(18,19)20)6-13(22-15)23-7-11-10(5-14(25)26)16(11,2)8-23/h6,9-11H,3-5,7-8H2,1-2H3,(H,25,26)/t9-,10?,11?,16?/m0/s1/i7D2,8D2. The van der Waals surface area contributed by atoms with Crippen LogP contribution in [0.3, 0.4) is 0 Å². The number of carbonyl (C=O) groups is 1. The van der Waals surface area contributed by atoms with Gasteiger partial charge in [0.25, 0.3) is 0 Å². The van der Waals surface area contributed by atoms with Gasteiger partial charge in [0.15, 0.2) is 5.69 Å². The number of halogens is 3. The van der Waals surface area contributed by atoms with Gasteiger partial charge < -0.3 is 14.9 Å². The van der Waals surface area contributed by atoms with E-state index < -0.39 is 60.3 Å². The van der Waals surface area contributed by atoms with Gasteiger partial charge in [-0.2, -0.15) is 18.2 Å². The zero-order valence-corrected chi connectivity index (χ0v) is 14.2. The second-order valence-electron chi connectivity index (χ2n) is 7.28. The summed E-state index contributed by atoms with van der Waals surface area (Å²) in [7, 11) is 0. The van der Waals surface area contributed by atoms with Crippen molar-refractivity contribution >= 4 is 17.7 Å². The molecule has 2 aliphatic heterocycles. The highest BCUT2D eigenvalue weighted by Crippen LogP contribution is 2.64. The monoisotopic (exact) mass is 374 g/mol. The lowest BCUT2D eigenvalue weighted by molar-refractivity contribution is -0.141. The Kier molecular flexibility index (Phi) is 2.77. The third kappa shape index (κ3) is 2.68. The predicted octanol–water partition coefficient (Wildman–Crippen LogP) is 2.64. The highest BCUT2D eigenvalue weighted by molar-refractivity contribution is 5.68. The molecule has 1 N–H and O–H groups in total. The Morgan fingerprint density at radius 2 is 2.23 bits per heavy atom. The Balaban J connectivity index is 1.80. The van der Waals surface area contributed by atoms with E-state index in [4.69, 9.17) is 10.6 Å². The molecular formula is C17H21F3N4O2. The molecule has 142 valence electrons. The van der Waals surface area contributed by atoms with Crippen LogP contribution >= 0.6 is 0 Å². The highest BCUT2D eigenvalue weighted by atomic mass is 19.4. The lowest BCUT2D eigenvalue weighted by atomic mass is 10.1. The Bertz CT molecular complexity index is 915. The van der Waals surface area contributed by atoms with E-state index in [9.17, 15) is 18.0 Å². The van der Waals surface area contributed by atoms with Gasteiger partial charge in [0.05, 0.1) is 0 Å². The molecule has 1 aromatic heterocycles. The number of piperidine rings is 1. The molecule has 6 nitrogen and oxygen atoms in total. The molecule has 1 aliphatic carbocycles. The number of rotatable bonds is 4. The molecular weight excluding hydrogens is 349 g/mol. The molecule has 0 bridgehead atoms. The fraction of sp³-hybridized carbons (Fsp3) is 0.706. The summed E-state index contributed by atoms with van der Waals surface area (Å²) in [6, 6.07) is 0.475. The second-order valence-corrected chi connectivity index (χ2v) is 7.28. The molecule has 0 aromatic carbocycles. The van der Waals surface area contributed by atoms with Crippen molar-refractivity contribution in [3.63, 3.8) is 0 Å². The van der Waals surface area contributed by atoms with Gasteiger partial charge in [-0.15, -0.1) is 0 Å². The molecule has 4 rings (SSSR count). The number of fused-ring (bicyclic) bond motifs is 1. The molecule has 3 aliphatic rings. The van der Waals surface area contributed by atoms with Crippen LogP contribution in [0.2, 0.25) is 0 Å². The smallest absolute Gasteiger partial charge is 0.433 e. The van der Waals surface area contributed by atoms with Crippen molar-refractivity contribution in [2.75, 3.05) is 29.3 Å². The van der Waals surface area contributed by atoms with Crippen LogP contribution < -0.4 is 9.80 Å². The molecule has 9 heteroatoms. The van der Waals surface area contributed by atoms with Gasteiger partial charge in [0.2, 0.25) is 5.95 Å². The van der Waals surface area contributed by atoms with Crippen LogP contribution in [-0.2, 0) is 11.0 Å². The summed E-state index contributed by atoms with van der Waals surface area (Å²) in [5, 5.41) is 9.09. The van der Waals surface area contributed by atoms with Crippen LogP contribution in [0.1, 0.15) is 37.9 Å². The topological polar surface area (TPSA) is 69.6 Å². The number of carboxylic acids is 1. The molecule has 3 unspecified atom stereocenters. The van der Waals surface area contributed by atoms with Crippen molar-refractivity contribution < 1.29 is 28.6 Å². The van der Waals surface area contributed by atoms with E-state index in [-0.39, 0.29) is 12.0 Å². The van der Waals surface area contributed by atoms with Crippen LogP contribution in [0.4, 0.5) is 24.9 Å². The molecule has 0 spiro atoms. The first-order chi connectivity index (χ1) is 13.6. The molecule has 1 aromatic rings. The average molecular weight is 374 g/mol. The maximum Gasteiger partial charge on any atom is 0.433 e. The van der Waals surface area contributed by atoms with E-state index in [1.54, 1.807) is 11.8 Å². The average Bonchev–Trinajstić information content (AvgIpc) is 3.14. The van der Waals surface area contributed by atoms with Gasteiger partial charge in [0.1, 0.15) is 5.82 Å². The van der Waals surface area contributed by atoms with Crippen molar-refractivity contribution in [1.82, 2.24) is 9.97 Å². The first kappa shape index (κ1) is 13.2. The zero-order chi connectivity index (χ0) is 22.4. The normalized spacial score (nSPS) is 39.2. The third-order valence-electron chi connectivity index (χ3n) is 5.52. The molecule has 0 radical (unpaired) electrons. The van der Waals surface area contributed by atoms with E-state index in [1.165, 1.54) is 6.92 Å². The van der Waals surface area contributed by atoms with E-state index in [0.717, 1.165) is 6.42 Å². The summed E-state index contributed by atoms with van der Waals surface area (Å²) in [5.74, 6) is -3.66. The first-order valence-electron chi connectivity index (χ1n) is 10.4. The summed E-state index contributed by atoms with van der Waals surface area (Å²) in [6.45, 7) is -1.19. The van der Waals surface area contributed by atoms with Gasteiger partial charge in [-0.25, -0.2) is 4.98 Å². The van der Waals surface area contributed by atoms with Gasteiger partial charge in [-0.1, -0.05) is 6.92 Å². The van der Waals surface area contributed by atoms with Crippen molar-refractivity contribution in [3.8, 4) is 0 Å². The highest BCUT2D eigenvalue weighted by Gasteiger charge is 2.66. The summed E-state index contributed by atoms with van der Waals surface area (Å²) in [4.78, 5) is 21.0. The van der Waals surface area contributed by atoms with Crippen LogP contribution in [0.5, 0.6) is 0 Å². The summed E-state index contributed by atoms with van der Waals surface area (Å²) in [6.07, 6.45) is -4.49. The Morgan fingerprint density at radius 1 is 1.50 bits per heavy atom. The van der Waals surface area contributed by atoms with Gasteiger partial charge >= 0.3 is 12.1 Å². The fourth-order valence-corrected chi connectivity index (χ4v) is 3.66. The zero-order valence-electron chi connectivity index (χ0n) is 18.2. The largest absolute Gasteiger partial charge is 0.481 e. The summed E-state index contributed by atoms with van der Waals surface area (Å²) < 4.78 is 74.6. The minimum absolute atomic E-state index is 0.0840. The second kappa shape index (κ2) is 5.47. The number of hydrogen-bond donors (Lipinski definition) is 1. The van der Waals surface area contributed by atoms with Crippen molar-refractivity contribution in [2.45, 2.75) is 38.9 Å². The number of aliphatic carboxylic acids is 1. The number of carboxylic acid groups (broad SMARTS) is 1. The number of aromatic nitrogens is 2. The lowest BCUT2D eigenvalue weighted by Crippen LogP contribution is -2.47. The van der Waals surface area contributed by atoms with Crippen molar-refractivity contribution in [3.05, 3.63) is 11.8 Å². The summed E-state index contributed by atoms with van der Waals surface area (Å²) in [5.41, 5.74) is -2.65. The van der Waals surface area contributed by atoms with Crippen LogP contribution in [0, 0.1) is 17.3 Å².